The lowest BCUT2D eigenvalue weighted by Crippen LogP contribution is -2.18. The molecule has 0 amide bonds. The molecule has 68 valence electrons. The van der Waals surface area contributed by atoms with E-state index >= 15 is 0 Å². The van der Waals surface area contributed by atoms with E-state index in [-0.39, 0.29) is 17.2 Å². The zero-order valence-electron chi connectivity index (χ0n) is 6.78. The first-order valence-corrected chi connectivity index (χ1v) is 4.01. The Balaban J connectivity index is 2.60. The van der Waals surface area contributed by atoms with Crippen LogP contribution in [0.3, 0.4) is 0 Å². The van der Waals surface area contributed by atoms with Gasteiger partial charge in [0, 0.05) is 0 Å². The fourth-order valence-corrected chi connectivity index (χ4v) is 1.33. The van der Waals surface area contributed by atoms with Crippen molar-refractivity contribution in [2.75, 3.05) is 0 Å². The maximum Gasteiger partial charge on any atom is 0.355 e. The number of H-pyrrole nitrogens is 1. The molecule has 5 nitrogen and oxygen atoms in total. The van der Waals surface area contributed by atoms with E-state index < -0.39 is 5.97 Å². The molecule has 0 aromatic carbocycles. The molecular weight excluding hydrogens is 172 g/mol. The van der Waals surface area contributed by atoms with Gasteiger partial charge in [-0.25, -0.2) is 9.78 Å². The Morgan fingerprint density at radius 1 is 1.62 bits per heavy atom. The van der Waals surface area contributed by atoms with Gasteiger partial charge in [0.05, 0.1) is 11.9 Å². The number of hydrogen-bond donors (Lipinski definition) is 2. The molecule has 0 unspecified atom stereocenters. The number of rotatable bonds is 2. The summed E-state index contributed by atoms with van der Waals surface area (Å²) in [6.07, 6.45) is 2.89. The van der Waals surface area contributed by atoms with Gasteiger partial charge in [-0.1, -0.05) is 0 Å². The van der Waals surface area contributed by atoms with Crippen LogP contribution in [0.25, 0.3) is 0 Å². The lowest BCUT2D eigenvalue weighted by Gasteiger charge is -1.99. The number of aromatic nitrogens is 2. The molecule has 1 aliphatic rings. The number of aromatic carboxylic acids is 1. The minimum Gasteiger partial charge on any atom is -0.476 e. The fraction of sp³-hybridized carbons (Fsp3) is 0.375. The Hall–Kier alpha value is -1.65. The quantitative estimate of drug-likeness (QED) is 0.687. The minimum absolute atomic E-state index is 0.101. The predicted octanol–water partition coefficient (Wildman–Crippen LogP) is 0.345. The fourth-order valence-electron chi connectivity index (χ4n) is 1.33. The highest BCUT2D eigenvalue weighted by Gasteiger charge is 2.31. The van der Waals surface area contributed by atoms with E-state index in [9.17, 15) is 9.59 Å². The Morgan fingerprint density at radius 3 is 2.85 bits per heavy atom. The maximum atomic E-state index is 11.3. The second-order valence-electron chi connectivity index (χ2n) is 3.07. The molecule has 0 aliphatic heterocycles. The smallest absolute Gasteiger partial charge is 0.355 e. The lowest BCUT2D eigenvalue weighted by molar-refractivity contribution is 0.0688. The zero-order chi connectivity index (χ0) is 9.42. The van der Waals surface area contributed by atoms with Gasteiger partial charge in [0.25, 0.3) is 5.56 Å². The van der Waals surface area contributed by atoms with Crippen LogP contribution in [0.4, 0.5) is 0 Å². The molecule has 1 aromatic heterocycles. The van der Waals surface area contributed by atoms with Crippen LogP contribution < -0.4 is 5.56 Å². The van der Waals surface area contributed by atoms with E-state index in [1.807, 2.05) is 0 Å². The van der Waals surface area contributed by atoms with E-state index in [1.54, 1.807) is 0 Å². The van der Waals surface area contributed by atoms with Gasteiger partial charge < -0.3 is 10.1 Å². The number of carboxylic acids is 1. The number of hydrogen-bond acceptors (Lipinski definition) is 3. The minimum atomic E-state index is -1.13. The molecule has 5 heteroatoms. The van der Waals surface area contributed by atoms with Crippen molar-refractivity contribution < 1.29 is 9.90 Å². The van der Waals surface area contributed by atoms with Crippen molar-refractivity contribution in [1.29, 1.82) is 0 Å². The van der Waals surface area contributed by atoms with Crippen LogP contribution in [0.1, 0.15) is 34.8 Å². The number of carboxylic acid groups (broad SMARTS) is 1. The Labute approximate surface area is 73.4 Å². The van der Waals surface area contributed by atoms with Crippen LogP contribution in [0, 0.1) is 0 Å². The van der Waals surface area contributed by atoms with Crippen molar-refractivity contribution in [3.05, 3.63) is 27.9 Å². The second-order valence-corrected chi connectivity index (χ2v) is 3.07. The van der Waals surface area contributed by atoms with Gasteiger partial charge in [-0.05, 0) is 18.8 Å². The van der Waals surface area contributed by atoms with Gasteiger partial charge in [0.1, 0.15) is 0 Å². The van der Waals surface area contributed by atoms with Crippen molar-refractivity contribution in [2.24, 2.45) is 0 Å². The van der Waals surface area contributed by atoms with Crippen LogP contribution in [0.5, 0.6) is 0 Å². The van der Waals surface area contributed by atoms with Gasteiger partial charge >= 0.3 is 5.97 Å². The van der Waals surface area contributed by atoms with Gasteiger partial charge in [-0.15, -0.1) is 0 Å². The third-order valence-electron chi connectivity index (χ3n) is 2.08. The first kappa shape index (κ1) is 7.97. The summed E-state index contributed by atoms with van der Waals surface area (Å²) in [5.74, 6) is -1.03. The normalized spacial score (nSPS) is 15.7. The molecule has 2 N–H and O–H groups in total. The molecule has 13 heavy (non-hydrogen) atoms. The molecule has 0 spiro atoms. The van der Waals surface area contributed by atoms with Crippen LogP contribution >= 0.6 is 0 Å². The first-order chi connectivity index (χ1) is 6.20. The van der Waals surface area contributed by atoms with Crippen LogP contribution in [-0.2, 0) is 0 Å². The summed E-state index contributed by atoms with van der Waals surface area (Å²) < 4.78 is 0. The predicted molar refractivity (Wildman–Crippen MR) is 43.8 cm³/mol. The van der Waals surface area contributed by atoms with Crippen molar-refractivity contribution in [3.8, 4) is 0 Å². The number of carbonyl (C=O) groups is 1. The summed E-state index contributed by atoms with van der Waals surface area (Å²) >= 11 is 0. The van der Waals surface area contributed by atoms with Crippen LogP contribution in [0.2, 0.25) is 0 Å². The van der Waals surface area contributed by atoms with E-state index in [0.29, 0.717) is 5.56 Å². The molecule has 0 bridgehead atoms. The standard InChI is InChI=1S/C8H8N2O3/c11-7-5(4-1-2-4)6(8(12)13)9-3-10-7/h3-4H,1-2H2,(H,12,13)(H,9,10,11). The highest BCUT2D eigenvalue weighted by atomic mass is 16.4. The third-order valence-corrected chi connectivity index (χ3v) is 2.08. The molecule has 1 saturated carbocycles. The van der Waals surface area contributed by atoms with Crippen molar-refractivity contribution in [1.82, 2.24) is 9.97 Å². The number of nitrogens with zero attached hydrogens (tertiary/aromatic N) is 1. The highest BCUT2D eigenvalue weighted by Crippen LogP contribution is 2.39. The Morgan fingerprint density at radius 2 is 2.31 bits per heavy atom. The van der Waals surface area contributed by atoms with Crippen LogP contribution in [-0.4, -0.2) is 21.0 Å². The number of nitrogens with one attached hydrogen (secondary N) is 1. The molecule has 0 saturated heterocycles. The summed E-state index contributed by atoms with van der Waals surface area (Å²) in [4.78, 5) is 28.0. The van der Waals surface area contributed by atoms with Gasteiger partial charge in [0.2, 0.25) is 0 Å². The second kappa shape index (κ2) is 2.69. The van der Waals surface area contributed by atoms with E-state index in [4.69, 9.17) is 5.11 Å². The van der Waals surface area contributed by atoms with Crippen LogP contribution in [0.15, 0.2) is 11.1 Å². The summed E-state index contributed by atoms with van der Waals surface area (Å²) in [7, 11) is 0. The molecular formula is C8H8N2O3. The maximum absolute atomic E-state index is 11.3. The molecule has 1 heterocycles. The van der Waals surface area contributed by atoms with Gasteiger partial charge in [-0.2, -0.15) is 0 Å². The topological polar surface area (TPSA) is 83.0 Å². The van der Waals surface area contributed by atoms with Crippen molar-refractivity contribution in [3.63, 3.8) is 0 Å². The molecule has 2 rings (SSSR count). The third kappa shape index (κ3) is 1.32. The molecule has 1 aromatic rings. The molecule has 0 radical (unpaired) electrons. The van der Waals surface area contributed by atoms with Gasteiger partial charge in [0.15, 0.2) is 5.69 Å². The highest BCUT2D eigenvalue weighted by molar-refractivity contribution is 5.87. The lowest BCUT2D eigenvalue weighted by atomic mass is 10.1. The summed E-state index contributed by atoms with van der Waals surface area (Å²) in [6.45, 7) is 0. The SMILES string of the molecule is O=C(O)c1nc[nH]c(=O)c1C1CC1. The number of aromatic amines is 1. The van der Waals surface area contributed by atoms with E-state index in [0.717, 1.165) is 19.2 Å². The van der Waals surface area contributed by atoms with E-state index in [1.165, 1.54) is 0 Å². The van der Waals surface area contributed by atoms with Gasteiger partial charge in [-0.3, -0.25) is 4.79 Å². The monoisotopic (exact) mass is 180 g/mol. The average Bonchev–Trinajstić information content (AvgIpc) is 2.86. The Bertz CT molecular complexity index is 406. The summed E-state index contributed by atoms with van der Waals surface area (Å²) in [5.41, 5.74) is -0.101. The molecule has 1 fully saturated rings. The largest absolute Gasteiger partial charge is 0.476 e. The van der Waals surface area contributed by atoms with Crippen molar-refractivity contribution >= 4 is 5.97 Å². The molecule has 0 atom stereocenters. The zero-order valence-corrected chi connectivity index (χ0v) is 6.78. The van der Waals surface area contributed by atoms with Crippen molar-refractivity contribution in [2.45, 2.75) is 18.8 Å². The first-order valence-electron chi connectivity index (χ1n) is 4.01. The molecule has 1 aliphatic carbocycles. The summed E-state index contributed by atoms with van der Waals surface area (Å²) in [5, 5.41) is 8.75. The average molecular weight is 180 g/mol. The van der Waals surface area contributed by atoms with E-state index in [2.05, 4.69) is 9.97 Å². The summed E-state index contributed by atoms with van der Waals surface area (Å²) in [6, 6.07) is 0. The Kier molecular flexibility index (Phi) is 1.65.